The monoisotopic (exact) mass is 231 g/mol. The molecule has 1 aliphatic heterocycles. The van der Waals surface area contributed by atoms with Crippen LogP contribution in [0.5, 0.6) is 0 Å². The highest BCUT2D eigenvalue weighted by atomic mass is 16.7. The third-order valence-corrected chi connectivity index (χ3v) is 2.45. The first kappa shape index (κ1) is 18.0. The molecular formula is C13H29NO2. The fraction of sp³-hybridized carbons (Fsp3) is 0.846. The van der Waals surface area contributed by atoms with E-state index in [0.29, 0.717) is 12.1 Å². The summed E-state index contributed by atoms with van der Waals surface area (Å²) in [6.45, 7) is 12.1. The molecule has 0 aromatic carbocycles. The molecule has 0 aromatic rings. The van der Waals surface area contributed by atoms with Crippen molar-refractivity contribution in [1.29, 1.82) is 0 Å². The second-order valence-electron chi connectivity index (χ2n) is 3.70. The van der Waals surface area contributed by atoms with Crippen molar-refractivity contribution >= 4 is 0 Å². The Balaban J connectivity index is 0. The molecular weight excluding hydrogens is 202 g/mol. The van der Waals surface area contributed by atoms with Crippen LogP contribution < -0.4 is 0 Å². The molecule has 1 heterocycles. The molecule has 16 heavy (non-hydrogen) atoms. The molecule has 0 amide bonds. The maximum atomic E-state index is 5.57. The van der Waals surface area contributed by atoms with Crippen LogP contribution in [0.2, 0.25) is 0 Å². The lowest BCUT2D eigenvalue weighted by Crippen LogP contribution is -2.42. The zero-order valence-electron chi connectivity index (χ0n) is 11.8. The molecule has 98 valence electrons. The number of rotatable bonds is 2. The fourth-order valence-corrected chi connectivity index (χ4v) is 1.65. The van der Waals surface area contributed by atoms with Gasteiger partial charge in [0, 0.05) is 19.6 Å². The van der Waals surface area contributed by atoms with Gasteiger partial charge in [-0.15, -0.1) is 13.2 Å². The second-order valence-corrected chi connectivity index (χ2v) is 3.70. The number of methoxy groups -OCH3 is 1. The molecule has 1 rings (SSSR count). The summed E-state index contributed by atoms with van der Waals surface area (Å²) in [4.78, 5) is 2.24. The Bertz CT molecular complexity index is 151. The highest BCUT2D eigenvalue weighted by molar-refractivity contribution is 4.76. The van der Waals surface area contributed by atoms with E-state index in [1.807, 2.05) is 13.8 Å². The van der Waals surface area contributed by atoms with Crippen LogP contribution in [-0.2, 0) is 9.47 Å². The predicted octanol–water partition coefficient (Wildman–Crippen LogP) is 2.92. The molecule has 0 radical (unpaired) electrons. The van der Waals surface area contributed by atoms with Gasteiger partial charge in [-0.1, -0.05) is 13.8 Å². The molecule has 1 fully saturated rings. The Hall–Kier alpha value is -0.380. The summed E-state index contributed by atoms with van der Waals surface area (Å²) in [6, 6.07) is 0.596. The quantitative estimate of drug-likeness (QED) is 0.682. The van der Waals surface area contributed by atoms with Gasteiger partial charge in [-0.2, -0.15) is 0 Å². The van der Waals surface area contributed by atoms with Crippen molar-refractivity contribution in [3.05, 3.63) is 13.2 Å². The number of nitrogens with zero attached hydrogens (tertiary/aromatic N) is 1. The Labute approximate surface area is 101 Å². The van der Waals surface area contributed by atoms with E-state index < -0.39 is 0 Å². The van der Waals surface area contributed by atoms with Crippen LogP contribution >= 0.6 is 0 Å². The molecule has 0 saturated carbocycles. The third kappa shape index (κ3) is 6.99. The summed E-state index contributed by atoms with van der Waals surface area (Å²) in [6.07, 6.45) is 2.39. The van der Waals surface area contributed by atoms with Gasteiger partial charge in [-0.25, -0.2) is 0 Å². The maximum absolute atomic E-state index is 5.57. The van der Waals surface area contributed by atoms with Gasteiger partial charge in [0.25, 0.3) is 0 Å². The molecule has 3 unspecified atom stereocenters. The summed E-state index contributed by atoms with van der Waals surface area (Å²) in [7, 11) is 5.92. The van der Waals surface area contributed by atoms with Crippen molar-refractivity contribution in [2.24, 2.45) is 0 Å². The van der Waals surface area contributed by atoms with Gasteiger partial charge in [0.2, 0.25) is 0 Å². The third-order valence-electron chi connectivity index (χ3n) is 2.45. The Morgan fingerprint density at radius 1 is 1.19 bits per heavy atom. The molecule has 0 aromatic heterocycles. The van der Waals surface area contributed by atoms with Gasteiger partial charge >= 0.3 is 0 Å². The standard InChI is InChI=1S/C9H19NO2.C2H6.C2H4/c1-7-5-8(10(2)3)6-9(11-4)12-7;2*1-2/h7-9H,5-6H2,1-4H3;1-2H3;1-2H2. The SMILES string of the molecule is C=C.CC.COC1CC(N(C)C)CC(C)O1. The van der Waals surface area contributed by atoms with Gasteiger partial charge in [-0.3, -0.25) is 0 Å². The predicted molar refractivity (Wildman–Crippen MR) is 70.7 cm³/mol. The molecule has 0 N–H and O–H groups in total. The first-order chi connectivity index (χ1) is 7.63. The van der Waals surface area contributed by atoms with Crippen LogP contribution in [0.25, 0.3) is 0 Å². The molecule has 3 heteroatoms. The first-order valence-corrected chi connectivity index (χ1v) is 5.98. The average molecular weight is 231 g/mol. The molecule has 1 saturated heterocycles. The van der Waals surface area contributed by atoms with Crippen molar-refractivity contribution in [3.8, 4) is 0 Å². The van der Waals surface area contributed by atoms with Gasteiger partial charge in [0.15, 0.2) is 6.29 Å². The minimum Gasteiger partial charge on any atom is -0.356 e. The van der Waals surface area contributed by atoms with E-state index in [9.17, 15) is 0 Å². The Morgan fingerprint density at radius 3 is 2.06 bits per heavy atom. The summed E-state index contributed by atoms with van der Waals surface area (Å²) in [5, 5.41) is 0. The van der Waals surface area contributed by atoms with E-state index in [1.54, 1.807) is 7.11 Å². The molecule has 3 nitrogen and oxygen atoms in total. The van der Waals surface area contributed by atoms with Crippen LogP contribution in [-0.4, -0.2) is 44.5 Å². The van der Waals surface area contributed by atoms with E-state index in [2.05, 4.69) is 39.1 Å². The minimum absolute atomic E-state index is 0.0128. The van der Waals surface area contributed by atoms with Crippen LogP contribution in [0, 0.1) is 0 Å². The van der Waals surface area contributed by atoms with Crippen LogP contribution in [0.15, 0.2) is 13.2 Å². The average Bonchev–Trinajstić information content (AvgIpc) is 2.33. The number of ether oxygens (including phenoxy) is 2. The first-order valence-electron chi connectivity index (χ1n) is 5.98. The minimum atomic E-state index is -0.0128. The van der Waals surface area contributed by atoms with Gasteiger partial charge < -0.3 is 14.4 Å². The van der Waals surface area contributed by atoms with E-state index >= 15 is 0 Å². The zero-order valence-corrected chi connectivity index (χ0v) is 11.8. The van der Waals surface area contributed by atoms with Crippen LogP contribution in [0.3, 0.4) is 0 Å². The highest BCUT2D eigenvalue weighted by Crippen LogP contribution is 2.22. The largest absolute Gasteiger partial charge is 0.356 e. The molecule has 3 atom stereocenters. The highest BCUT2D eigenvalue weighted by Gasteiger charge is 2.27. The van der Waals surface area contributed by atoms with Crippen molar-refractivity contribution in [2.75, 3.05) is 21.2 Å². The number of hydrogen-bond donors (Lipinski definition) is 0. The van der Waals surface area contributed by atoms with Gasteiger partial charge in [0.05, 0.1) is 6.10 Å². The molecule has 0 aliphatic carbocycles. The number of hydrogen-bond acceptors (Lipinski definition) is 3. The lowest BCUT2D eigenvalue weighted by atomic mass is 10.0. The van der Waals surface area contributed by atoms with Gasteiger partial charge in [0.1, 0.15) is 0 Å². The van der Waals surface area contributed by atoms with Crippen molar-refractivity contribution in [1.82, 2.24) is 4.90 Å². The van der Waals surface area contributed by atoms with Crippen LogP contribution in [0.4, 0.5) is 0 Å². The van der Waals surface area contributed by atoms with E-state index in [-0.39, 0.29) is 6.29 Å². The van der Waals surface area contributed by atoms with Crippen molar-refractivity contribution in [2.45, 2.75) is 52.0 Å². The lowest BCUT2D eigenvalue weighted by Gasteiger charge is -2.36. The van der Waals surface area contributed by atoms with E-state index in [0.717, 1.165) is 12.8 Å². The summed E-state index contributed by atoms with van der Waals surface area (Å²) >= 11 is 0. The van der Waals surface area contributed by atoms with E-state index in [1.165, 1.54) is 0 Å². The molecule has 0 spiro atoms. The van der Waals surface area contributed by atoms with E-state index in [4.69, 9.17) is 9.47 Å². The Kier molecular flexibility index (Phi) is 12.5. The smallest absolute Gasteiger partial charge is 0.159 e. The summed E-state index contributed by atoms with van der Waals surface area (Å²) < 4.78 is 10.8. The van der Waals surface area contributed by atoms with Crippen molar-refractivity contribution in [3.63, 3.8) is 0 Å². The fourth-order valence-electron chi connectivity index (χ4n) is 1.65. The van der Waals surface area contributed by atoms with Gasteiger partial charge in [-0.05, 0) is 27.4 Å². The molecule has 1 aliphatic rings. The second kappa shape index (κ2) is 11.1. The normalized spacial score (nSPS) is 28.6. The maximum Gasteiger partial charge on any atom is 0.159 e. The molecule has 0 bridgehead atoms. The summed E-state index contributed by atoms with van der Waals surface area (Å²) in [5.41, 5.74) is 0. The summed E-state index contributed by atoms with van der Waals surface area (Å²) in [5.74, 6) is 0. The lowest BCUT2D eigenvalue weighted by molar-refractivity contribution is -0.188. The Morgan fingerprint density at radius 2 is 1.69 bits per heavy atom. The topological polar surface area (TPSA) is 21.7 Å². The van der Waals surface area contributed by atoms with Crippen LogP contribution in [0.1, 0.15) is 33.6 Å². The zero-order chi connectivity index (χ0) is 13.1. The van der Waals surface area contributed by atoms with Crippen molar-refractivity contribution < 1.29 is 9.47 Å².